The van der Waals surface area contributed by atoms with Crippen LogP contribution in [0, 0.1) is 23.2 Å². The predicted octanol–water partition coefficient (Wildman–Crippen LogP) is 3.79. The van der Waals surface area contributed by atoms with E-state index in [2.05, 4.69) is 0 Å². The second-order valence-electron chi connectivity index (χ2n) is 7.21. The van der Waals surface area contributed by atoms with E-state index in [1.165, 1.54) is 32.1 Å². The molecule has 0 aromatic carbocycles. The molecule has 2 atom stereocenters. The molecule has 1 unspecified atom stereocenters. The van der Waals surface area contributed by atoms with E-state index in [4.69, 9.17) is 0 Å². The second kappa shape index (κ2) is 7.09. The Bertz CT molecular complexity index is 337. The third-order valence-electron chi connectivity index (χ3n) is 4.53. The van der Waals surface area contributed by atoms with Gasteiger partial charge in [-0.15, -0.1) is 0 Å². The number of carboxylic acids is 2. The van der Waals surface area contributed by atoms with Crippen molar-refractivity contribution in [2.24, 2.45) is 23.2 Å². The van der Waals surface area contributed by atoms with Gasteiger partial charge in [0.25, 0.3) is 0 Å². The molecule has 0 bridgehead atoms. The molecule has 1 fully saturated rings. The maximum atomic E-state index is 11.5. The molecular weight excluding hydrogens is 256 g/mol. The van der Waals surface area contributed by atoms with Gasteiger partial charge in [-0.25, -0.2) is 0 Å². The van der Waals surface area contributed by atoms with E-state index < -0.39 is 29.2 Å². The van der Waals surface area contributed by atoms with E-state index in [-0.39, 0.29) is 0 Å². The predicted molar refractivity (Wildman–Crippen MR) is 77.5 cm³/mol. The summed E-state index contributed by atoms with van der Waals surface area (Å²) in [5, 5.41) is 18.8. The molecule has 4 nitrogen and oxygen atoms in total. The number of hydrogen-bond acceptors (Lipinski definition) is 2. The van der Waals surface area contributed by atoms with Crippen molar-refractivity contribution in [1.82, 2.24) is 0 Å². The molecule has 2 N–H and O–H groups in total. The van der Waals surface area contributed by atoms with Gasteiger partial charge < -0.3 is 10.2 Å². The molecular formula is C16H28O4. The molecule has 1 rings (SSSR count). The first-order chi connectivity index (χ1) is 9.23. The number of aliphatic carboxylic acids is 2. The molecule has 4 heteroatoms. The minimum atomic E-state index is -0.992. The van der Waals surface area contributed by atoms with Gasteiger partial charge in [-0.1, -0.05) is 52.9 Å². The van der Waals surface area contributed by atoms with E-state index >= 15 is 0 Å². The van der Waals surface area contributed by atoms with Crippen molar-refractivity contribution in [3.8, 4) is 0 Å². The summed E-state index contributed by atoms with van der Waals surface area (Å²) in [6, 6.07) is 0. The molecule has 0 amide bonds. The summed E-state index contributed by atoms with van der Waals surface area (Å²) >= 11 is 0. The lowest BCUT2D eigenvalue weighted by Crippen LogP contribution is -2.39. The maximum absolute atomic E-state index is 11.5. The van der Waals surface area contributed by atoms with Crippen molar-refractivity contribution >= 4 is 11.9 Å². The van der Waals surface area contributed by atoms with Crippen molar-refractivity contribution in [2.75, 3.05) is 0 Å². The summed E-state index contributed by atoms with van der Waals surface area (Å²) < 4.78 is 0. The Morgan fingerprint density at radius 1 is 1.05 bits per heavy atom. The minimum absolute atomic E-state index is 0.480. The van der Waals surface area contributed by atoms with Crippen LogP contribution in [-0.4, -0.2) is 22.2 Å². The summed E-state index contributed by atoms with van der Waals surface area (Å²) in [6.07, 6.45) is 7.39. The molecule has 0 radical (unpaired) electrons. The third kappa shape index (κ3) is 4.80. The highest BCUT2D eigenvalue weighted by Crippen LogP contribution is 2.37. The Kier molecular flexibility index (Phi) is 6.03. The maximum Gasteiger partial charge on any atom is 0.307 e. The zero-order chi connectivity index (χ0) is 15.3. The average molecular weight is 284 g/mol. The average Bonchev–Trinajstić information content (AvgIpc) is 2.33. The Morgan fingerprint density at radius 3 is 2.00 bits per heavy atom. The van der Waals surface area contributed by atoms with Crippen LogP contribution in [0.3, 0.4) is 0 Å². The van der Waals surface area contributed by atoms with Crippen LogP contribution in [-0.2, 0) is 9.59 Å². The number of rotatable bonds is 6. The van der Waals surface area contributed by atoms with Crippen LogP contribution in [0.4, 0.5) is 0 Å². The second-order valence-corrected chi connectivity index (χ2v) is 7.21. The molecule has 0 aromatic rings. The number of carboxylic acid groups (broad SMARTS) is 2. The van der Waals surface area contributed by atoms with E-state index in [1.54, 1.807) is 0 Å². The largest absolute Gasteiger partial charge is 0.481 e. The SMILES string of the molecule is CC(C)(C)C(C(=O)O)[C@@H](CCC1CCCCC1)C(=O)O. The number of carbonyl (C=O) groups is 2. The summed E-state index contributed by atoms with van der Waals surface area (Å²) in [4.78, 5) is 23.0. The first kappa shape index (κ1) is 17.0. The quantitative estimate of drug-likeness (QED) is 0.778. The van der Waals surface area contributed by atoms with Gasteiger partial charge in [-0.3, -0.25) is 9.59 Å². The third-order valence-corrected chi connectivity index (χ3v) is 4.53. The van der Waals surface area contributed by atoms with Gasteiger partial charge in [-0.05, 0) is 24.2 Å². The van der Waals surface area contributed by atoms with Crippen molar-refractivity contribution in [1.29, 1.82) is 0 Å². The van der Waals surface area contributed by atoms with Crippen LogP contribution >= 0.6 is 0 Å². The highest BCUT2D eigenvalue weighted by molar-refractivity contribution is 5.80. The van der Waals surface area contributed by atoms with E-state index in [1.807, 2.05) is 20.8 Å². The summed E-state index contributed by atoms with van der Waals surface area (Å²) in [5.74, 6) is -2.99. The van der Waals surface area contributed by atoms with Crippen LogP contribution < -0.4 is 0 Å². The van der Waals surface area contributed by atoms with Crippen LogP contribution in [0.2, 0.25) is 0 Å². The Labute approximate surface area is 121 Å². The molecule has 116 valence electrons. The van der Waals surface area contributed by atoms with Crippen molar-refractivity contribution in [2.45, 2.75) is 65.7 Å². The minimum Gasteiger partial charge on any atom is -0.481 e. The molecule has 1 saturated carbocycles. The first-order valence-corrected chi connectivity index (χ1v) is 7.69. The topological polar surface area (TPSA) is 74.6 Å². The Morgan fingerprint density at radius 2 is 1.60 bits per heavy atom. The molecule has 0 aromatic heterocycles. The van der Waals surface area contributed by atoms with Gasteiger partial charge in [0.2, 0.25) is 0 Å². The van der Waals surface area contributed by atoms with Crippen LogP contribution in [0.5, 0.6) is 0 Å². The first-order valence-electron chi connectivity index (χ1n) is 7.69. The molecule has 0 saturated heterocycles. The zero-order valence-corrected chi connectivity index (χ0v) is 12.9. The summed E-state index contributed by atoms with van der Waals surface area (Å²) in [7, 11) is 0. The highest BCUT2D eigenvalue weighted by Gasteiger charge is 2.41. The monoisotopic (exact) mass is 284 g/mol. The Hall–Kier alpha value is -1.06. The highest BCUT2D eigenvalue weighted by atomic mass is 16.4. The smallest absolute Gasteiger partial charge is 0.307 e. The van der Waals surface area contributed by atoms with Crippen molar-refractivity contribution < 1.29 is 19.8 Å². The molecule has 0 heterocycles. The summed E-state index contributed by atoms with van der Waals surface area (Å²) in [5.41, 5.74) is -0.540. The fourth-order valence-corrected chi connectivity index (χ4v) is 3.47. The fraction of sp³-hybridized carbons (Fsp3) is 0.875. The lowest BCUT2D eigenvalue weighted by molar-refractivity contribution is -0.159. The van der Waals surface area contributed by atoms with Crippen molar-refractivity contribution in [3.63, 3.8) is 0 Å². The molecule has 1 aliphatic carbocycles. The van der Waals surface area contributed by atoms with Gasteiger partial charge in [0.05, 0.1) is 11.8 Å². The lowest BCUT2D eigenvalue weighted by Gasteiger charge is -2.32. The van der Waals surface area contributed by atoms with Crippen molar-refractivity contribution in [3.05, 3.63) is 0 Å². The van der Waals surface area contributed by atoms with Gasteiger partial charge in [0.15, 0.2) is 0 Å². The summed E-state index contributed by atoms with van der Waals surface area (Å²) in [6.45, 7) is 5.42. The van der Waals surface area contributed by atoms with Crippen LogP contribution in [0.25, 0.3) is 0 Å². The normalized spacial score (nSPS) is 20.4. The van der Waals surface area contributed by atoms with Crippen LogP contribution in [0.15, 0.2) is 0 Å². The molecule has 0 aliphatic heterocycles. The number of hydrogen-bond donors (Lipinski definition) is 2. The van der Waals surface area contributed by atoms with E-state index in [9.17, 15) is 19.8 Å². The fourth-order valence-electron chi connectivity index (χ4n) is 3.47. The van der Waals surface area contributed by atoms with Gasteiger partial charge in [0.1, 0.15) is 0 Å². The van der Waals surface area contributed by atoms with E-state index in [0.717, 1.165) is 6.42 Å². The Balaban J connectivity index is 2.71. The lowest BCUT2D eigenvalue weighted by atomic mass is 9.70. The van der Waals surface area contributed by atoms with Gasteiger partial charge in [0, 0.05) is 0 Å². The molecule has 20 heavy (non-hydrogen) atoms. The molecule has 1 aliphatic rings. The zero-order valence-electron chi connectivity index (χ0n) is 12.9. The van der Waals surface area contributed by atoms with E-state index in [0.29, 0.717) is 12.3 Å². The van der Waals surface area contributed by atoms with Gasteiger partial charge >= 0.3 is 11.9 Å². The van der Waals surface area contributed by atoms with Gasteiger partial charge in [-0.2, -0.15) is 0 Å². The standard InChI is InChI=1S/C16H28O4/c1-16(2,3)13(15(19)20)12(14(17)18)10-9-11-7-5-4-6-8-11/h11-13H,4-10H2,1-3H3,(H,17,18)(H,19,20)/t12-,13?/m1/s1. The van der Waals surface area contributed by atoms with Crippen LogP contribution in [0.1, 0.15) is 65.7 Å². The molecule has 0 spiro atoms.